The lowest BCUT2D eigenvalue weighted by Crippen LogP contribution is -2.08. The molecule has 0 aliphatic heterocycles. The van der Waals surface area contributed by atoms with E-state index in [4.69, 9.17) is 11.6 Å². The summed E-state index contributed by atoms with van der Waals surface area (Å²) in [5.74, 6) is 0.562. The van der Waals surface area contributed by atoms with Gasteiger partial charge in [0.05, 0.1) is 18.5 Å². The number of benzene rings is 2. The average Bonchev–Trinajstić information content (AvgIpc) is 3.07. The lowest BCUT2D eigenvalue weighted by atomic mass is 10.0. The molecule has 0 saturated heterocycles. The quantitative estimate of drug-likeness (QED) is 0.683. The normalized spacial score (nSPS) is 11.8. The maximum Gasteiger partial charge on any atom is 0.150 e. The second-order valence-electron chi connectivity index (χ2n) is 5.60. The number of nitriles is 1. The molecule has 4 nitrogen and oxygen atoms in total. The van der Waals surface area contributed by atoms with Crippen LogP contribution in [-0.2, 0) is 19.4 Å². The van der Waals surface area contributed by atoms with E-state index in [9.17, 15) is 5.26 Å². The Morgan fingerprint density at radius 1 is 1.04 bits per heavy atom. The molecule has 0 aliphatic rings. The van der Waals surface area contributed by atoms with Crippen molar-refractivity contribution in [3.8, 4) is 6.07 Å². The van der Waals surface area contributed by atoms with Gasteiger partial charge in [-0.05, 0) is 29.7 Å². The van der Waals surface area contributed by atoms with E-state index in [1.807, 2.05) is 54.6 Å². The van der Waals surface area contributed by atoms with Crippen LogP contribution in [0.15, 0.2) is 60.9 Å². The van der Waals surface area contributed by atoms with Gasteiger partial charge in [0.25, 0.3) is 0 Å². The highest BCUT2D eigenvalue weighted by atomic mass is 35.5. The van der Waals surface area contributed by atoms with Gasteiger partial charge in [0.2, 0.25) is 0 Å². The molecule has 0 aliphatic carbocycles. The third-order valence-electron chi connectivity index (χ3n) is 3.86. The Labute approximate surface area is 146 Å². The largest absolute Gasteiger partial charge is 0.251 e. The fourth-order valence-corrected chi connectivity index (χ4v) is 2.66. The zero-order valence-corrected chi connectivity index (χ0v) is 13.9. The third kappa shape index (κ3) is 4.21. The Hall–Kier alpha value is -2.64. The smallest absolute Gasteiger partial charge is 0.150 e. The molecule has 1 aromatic heterocycles. The molecule has 0 spiro atoms. The summed E-state index contributed by atoms with van der Waals surface area (Å²) < 4.78 is 1.75. The second-order valence-corrected chi connectivity index (χ2v) is 6.04. The van der Waals surface area contributed by atoms with E-state index in [2.05, 4.69) is 16.2 Å². The van der Waals surface area contributed by atoms with Crippen LogP contribution in [0.25, 0.3) is 0 Å². The van der Waals surface area contributed by atoms with Gasteiger partial charge in [-0.1, -0.05) is 54.1 Å². The molecule has 1 atom stereocenters. The fourth-order valence-electron chi connectivity index (χ4n) is 2.54. The first-order valence-electron chi connectivity index (χ1n) is 7.82. The van der Waals surface area contributed by atoms with Crippen LogP contribution in [-0.4, -0.2) is 14.8 Å². The Bertz CT molecular complexity index is 819. The average molecular weight is 337 g/mol. The van der Waals surface area contributed by atoms with Crippen molar-refractivity contribution in [2.24, 2.45) is 0 Å². The molecular formula is C19H17ClN4. The molecule has 0 saturated carbocycles. The SMILES string of the molecule is N#CC(Cn1cnc(CCc2ccc(Cl)cc2)n1)c1ccccc1. The van der Waals surface area contributed by atoms with E-state index in [0.717, 1.165) is 29.3 Å². The molecule has 0 fully saturated rings. The van der Waals surface area contributed by atoms with Gasteiger partial charge in [-0.2, -0.15) is 10.4 Å². The first-order chi connectivity index (χ1) is 11.7. The first kappa shape index (κ1) is 16.2. The standard InChI is InChI=1S/C19H17ClN4/c20-18-9-6-15(7-10-18)8-11-19-22-14-24(23-19)13-17(12-21)16-4-2-1-3-5-16/h1-7,9-10,14,17H,8,11,13H2. The van der Waals surface area contributed by atoms with E-state index in [0.29, 0.717) is 6.54 Å². The van der Waals surface area contributed by atoms with Gasteiger partial charge in [0.1, 0.15) is 6.33 Å². The molecule has 2 aromatic carbocycles. The summed E-state index contributed by atoms with van der Waals surface area (Å²) in [6, 6.07) is 19.9. The molecule has 1 unspecified atom stereocenters. The number of rotatable bonds is 6. The van der Waals surface area contributed by atoms with Crippen LogP contribution in [0.5, 0.6) is 0 Å². The number of aryl methyl sites for hydroxylation is 2. The second kappa shape index (κ2) is 7.76. The van der Waals surface area contributed by atoms with Crippen LogP contribution >= 0.6 is 11.6 Å². The number of hydrogen-bond donors (Lipinski definition) is 0. The van der Waals surface area contributed by atoms with Gasteiger partial charge in [0, 0.05) is 11.4 Å². The maximum atomic E-state index is 9.40. The van der Waals surface area contributed by atoms with Crippen molar-refractivity contribution in [1.29, 1.82) is 5.26 Å². The summed E-state index contributed by atoms with van der Waals surface area (Å²) >= 11 is 5.89. The van der Waals surface area contributed by atoms with Crippen molar-refractivity contribution in [2.45, 2.75) is 25.3 Å². The molecule has 0 radical (unpaired) electrons. The van der Waals surface area contributed by atoms with Gasteiger partial charge in [0.15, 0.2) is 5.82 Å². The van der Waals surface area contributed by atoms with Crippen LogP contribution in [0.4, 0.5) is 0 Å². The summed E-state index contributed by atoms with van der Waals surface area (Å²) in [4.78, 5) is 4.35. The van der Waals surface area contributed by atoms with Crippen molar-refractivity contribution in [3.05, 3.63) is 82.9 Å². The highest BCUT2D eigenvalue weighted by Gasteiger charge is 2.12. The monoisotopic (exact) mass is 336 g/mol. The summed E-state index contributed by atoms with van der Waals surface area (Å²) in [6.45, 7) is 0.508. The lowest BCUT2D eigenvalue weighted by Gasteiger charge is -2.08. The molecule has 0 amide bonds. The van der Waals surface area contributed by atoms with Gasteiger partial charge in [-0.3, -0.25) is 4.68 Å². The Balaban J connectivity index is 1.61. The molecule has 3 rings (SSSR count). The first-order valence-corrected chi connectivity index (χ1v) is 8.20. The van der Waals surface area contributed by atoms with Gasteiger partial charge >= 0.3 is 0 Å². The summed E-state index contributed by atoms with van der Waals surface area (Å²) in [5.41, 5.74) is 2.20. The van der Waals surface area contributed by atoms with Gasteiger partial charge < -0.3 is 0 Å². The molecule has 24 heavy (non-hydrogen) atoms. The minimum absolute atomic E-state index is 0.225. The number of aromatic nitrogens is 3. The van der Waals surface area contributed by atoms with Gasteiger partial charge in [-0.25, -0.2) is 4.98 Å². The Morgan fingerprint density at radius 2 is 1.79 bits per heavy atom. The highest BCUT2D eigenvalue weighted by Crippen LogP contribution is 2.16. The van der Waals surface area contributed by atoms with Crippen molar-refractivity contribution < 1.29 is 0 Å². The number of halogens is 1. The topological polar surface area (TPSA) is 54.5 Å². The van der Waals surface area contributed by atoms with Gasteiger partial charge in [-0.15, -0.1) is 0 Å². The third-order valence-corrected chi connectivity index (χ3v) is 4.11. The molecule has 1 heterocycles. The van der Waals surface area contributed by atoms with E-state index in [1.165, 1.54) is 5.56 Å². The molecule has 0 N–H and O–H groups in total. The zero-order valence-electron chi connectivity index (χ0n) is 13.1. The van der Waals surface area contributed by atoms with E-state index in [1.54, 1.807) is 11.0 Å². The van der Waals surface area contributed by atoms with E-state index in [-0.39, 0.29) is 5.92 Å². The minimum atomic E-state index is -0.225. The van der Waals surface area contributed by atoms with Crippen LogP contribution in [0.2, 0.25) is 5.02 Å². The molecule has 120 valence electrons. The number of nitrogens with zero attached hydrogens (tertiary/aromatic N) is 4. The lowest BCUT2D eigenvalue weighted by molar-refractivity contribution is 0.571. The predicted octanol–water partition coefficient (Wildman–Crippen LogP) is 4.02. The van der Waals surface area contributed by atoms with Crippen LogP contribution in [0.3, 0.4) is 0 Å². The van der Waals surface area contributed by atoms with Crippen molar-refractivity contribution in [3.63, 3.8) is 0 Å². The summed E-state index contributed by atoms with van der Waals surface area (Å²) in [7, 11) is 0. The van der Waals surface area contributed by atoms with Crippen LogP contribution in [0, 0.1) is 11.3 Å². The van der Waals surface area contributed by atoms with Crippen molar-refractivity contribution in [1.82, 2.24) is 14.8 Å². The van der Waals surface area contributed by atoms with Crippen molar-refractivity contribution >= 4 is 11.6 Å². The zero-order chi connectivity index (χ0) is 16.8. The van der Waals surface area contributed by atoms with Crippen LogP contribution < -0.4 is 0 Å². The molecular weight excluding hydrogens is 320 g/mol. The minimum Gasteiger partial charge on any atom is -0.251 e. The molecule has 3 aromatic rings. The van der Waals surface area contributed by atoms with Crippen LogP contribution in [0.1, 0.15) is 22.9 Å². The highest BCUT2D eigenvalue weighted by molar-refractivity contribution is 6.30. The number of hydrogen-bond acceptors (Lipinski definition) is 3. The van der Waals surface area contributed by atoms with E-state index >= 15 is 0 Å². The fraction of sp³-hybridized carbons (Fsp3) is 0.211. The Morgan fingerprint density at radius 3 is 2.50 bits per heavy atom. The maximum absolute atomic E-state index is 9.40. The summed E-state index contributed by atoms with van der Waals surface area (Å²) in [6.07, 6.45) is 3.32. The summed E-state index contributed by atoms with van der Waals surface area (Å²) in [5, 5.41) is 14.6. The molecule has 0 bridgehead atoms. The van der Waals surface area contributed by atoms with E-state index < -0.39 is 0 Å². The van der Waals surface area contributed by atoms with Crippen molar-refractivity contribution in [2.75, 3.05) is 0 Å². The molecule has 5 heteroatoms. The predicted molar refractivity (Wildman–Crippen MR) is 93.7 cm³/mol. The Kier molecular flexibility index (Phi) is 5.25.